The summed E-state index contributed by atoms with van der Waals surface area (Å²) in [6, 6.07) is 8.63. The minimum atomic E-state index is -0.885. The van der Waals surface area contributed by atoms with Crippen LogP contribution in [-0.2, 0) is 4.79 Å². The van der Waals surface area contributed by atoms with E-state index in [-0.39, 0.29) is 24.1 Å². The van der Waals surface area contributed by atoms with Gasteiger partial charge in [0, 0.05) is 24.7 Å². The molecule has 1 N–H and O–H groups in total. The largest absolute Gasteiger partial charge is 0.481 e. The Morgan fingerprint density at radius 1 is 1.35 bits per heavy atom. The number of carbonyl (C=O) groups is 2. The number of rotatable bonds is 3. The summed E-state index contributed by atoms with van der Waals surface area (Å²) in [4.78, 5) is 25.1. The van der Waals surface area contributed by atoms with Crippen LogP contribution in [0.3, 0.4) is 0 Å². The normalized spacial score (nSPS) is 20.7. The van der Waals surface area contributed by atoms with E-state index in [1.807, 2.05) is 13.0 Å². The van der Waals surface area contributed by atoms with E-state index in [0.717, 1.165) is 0 Å². The van der Waals surface area contributed by atoms with Gasteiger partial charge in [-0.05, 0) is 18.1 Å². The van der Waals surface area contributed by atoms with Gasteiger partial charge in [0.15, 0.2) is 11.5 Å². The topological polar surface area (TPSA) is 83.6 Å². The number of aliphatic carboxylic acids is 1. The van der Waals surface area contributed by atoms with Crippen molar-refractivity contribution in [3.05, 3.63) is 41.0 Å². The van der Waals surface area contributed by atoms with E-state index in [2.05, 4.69) is 5.16 Å². The number of benzene rings is 1. The van der Waals surface area contributed by atoms with Gasteiger partial charge >= 0.3 is 5.97 Å². The summed E-state index contributed by atoms with van der Waals surface area (Å²) >= 11 is 6.10. The van der Waals surface area contributed by atoms with Crippen LogP contribution in [0.25, 0.3) is 11.3 Å². The molecule has 6 nitrogen and oxygen atoms in total. The van der Waals surface area contributed by atoms with Crippen LogP contribution in [0.5, 0.6) is 0 Å². The van der Waals surface area contributed by atoms with Gasteiger partial charge in [0.25, 0.3) is 5.91 Å². The second-order valence-corrected chi connectivity index (χ2v) is 6.10. The quantitative estimate of drug-likeness (QED) is 0.933. The number of halogens is 1. The van der Waals surface area contributed by atoms with E-state index in [1.165, 1.54) is 11.0 Å². The van der Waals surface area contributed by atoms with Gasteiger partial charge in [-0.15, -0.1) is 0 Å². The highest BCUT2D eigenvalue weighted by Gasteiger charge is 2.38. The molecule has 2 aromatic rings. The number of aromatic nitrogens is 1. The fourth-order valence-electron chi connectivity index (χ4n) is 2.78. The predicted molar refractivity (Wildman–Crippen MR) is 83.1 cm³/mol. The summed E-state index contributed by atoms with van der Waals surface area (Å²) in [5.41, 5.74) is 0.803. The lowest BCUT2D eigenvalue weighted by atomic mass is 9.99. The fourth-order valence-corrected chi connectivity index (χ4v) is 3.01. The summed E-state index contributed by atoms with van der Waals surface area (Å²) < 4.78 is 5.22. The van der Waals surface area contributed by atoms with Crippen LogP contribution in [0.15, 0.2) is 34.9 Å². The van der Waals surface area contributed by atoms with Crippen molar-refractivity contribution in [3.8, 4) is 11.3 Å². The lowest BCUT2D eigenvalue weighted by Gasteiger charge is -2.13. The number of likely N-dealkylation sites (tertiary alicyclic amines) is 1. The average molecular weight is 335 g/mol. The molecule has 23 heavy (non-hydrogen) atoms. The van der Waals surface area contributed by atoms with Gasteiger partial charge in [-0.25, -0.2) is 0 Å². The molecule has 1 aliphatic rings. The van der Waals surface area contributed by atoms with Crippen molar-refractivity contribution in [2.75, 3.05) is 13.1 Å². The van der Waals surface area contributed by atoms with Crippen LogP contribution in [0.1, 0.15) is 17.4 Å². The van der Waals surface area contributed by atoms with Crippen LogP contribution in [0.2, 0.25) is 5.02 Å². The number of carboxylic acid groups (broad SMARTS) is 1. The second-order valence-electron chi connectivity index (χ2n) is 5.69. The van der Waals surface area contributed by atoms with Crippen molar-refractivity contribution < 1.29 is 19.2 Å². The standard InChI is InChI=1S/C16H15ClN2O4/c1-9-7-19(8-11(9)16(21)22)15(20)13-6-14(23-18-13)10-4-2-3-5-12(10)17/h2-6,9,11H,7-8H2,1H3,(H,21,22)/t9-,11-/m1/s1. The zero-order valence-electron chi connectivity index (χ0n) is 12.4. The third kappa shape index (κ3) is 2.94. The average Bonchev–Trinajstić information content (AvgIpc) is 3.14. The van der Waals surface area contributed by atoms with E-state index in [9.17, 15) is 9.59 Å². The lowest BCUT2D eigenvalue weighted by molar-refractivity contribution is -0.142. The van der Waals surface area contributed by atoms with Crippen molar-refractivity contribution in [1.29, 1.82) is 0 Å². The molecule has 0 spiro atoms. The molecule has 1 amide bonds. The summed E-state index contributed by atoms with van der Waals surface area (Å²) in [6.07, 6.45) is 0. The van der Waals surface area contributed by atoms with Gasteiger partial charge in [-0.1, -0.05) is 35.8 Å². The molecule has 7 heteroatoms. The van der Waals surface area contributed by atoms with Crippen molar-refractivity contribution in [2.45, 2.75) is 6.92 Å². The first-order valence-electron chi connectivity index (χ1n) is 7.21. The molecule has 120 valence electrons. The van der Waals surface area contributed by atoms with E-state index >= 15 is 0 Å². The first-order chi connectivity index (χ1) is 11.0. The molecule has 0 aliphatic carbocycles. The minimum Gasteiger partial charge on any atom is -0.481 e. The maximum Gasteiger partial charge on any atom is 0.308 e. The van der Waals surface area contributed by atoms with Gasteiger partial charge < -0.3 is 14.5 Å². The van der Waals surface area contributed by atoms with Crippen molar-refractivity contribution in [1.82, 2.24) is 10.1 Å². The van der Waals surface area contributed by atoms with Gasteiger partial charge in [-0.3, -0.25) is 9.59 Å². The zero-order valence-corrected chi connectivity index (χ0v) is 13.2. The monoisotopic (exact) mass is 334 g/mol. The fraction of sp³-hybridized carbons (Fsp3) is 0.312. The third-order valence-electron chi connectivity index (χ3n) is 4.09. The molecular weight excluding hydrogens is 320 g/mol. The number of carbonyl (C=O) groups excluding carboxylic acids is 1. The van der Waals surface area contributed by atoms with Crippen LogP contribution >= 0.6 is 11.6 Å². The summed E-state index contributed by atoms with van der Waals surface area (Å²) in [5, 5.41) is 13.5. The minimum absolute atomic E-state index is 0.0913. The molecule has 3 rings (SSSR count). The van der Waals surface area contributed by atoms with Crippen LogP contribution in [0.4, 0.5) is 0 Å². The van der Waals surface area contributed by atoms with Crippen LogP contribution < -0.4 is 0 Å². The molecule has 1 saturated heterocycles. The highest BCUT2D eigenvalue weighted by atomic mass is 35.5. The van der Waals surface area contributed by atoms with E-state index < -0.39 is 11.9 Å². The molecule has 0 bridgehead atoms. The van der Waals surface area contributed by atoms with Crippen molar-refractivity contribution in [3.63, 3.8) is 0 Å². The van der Waals surface area contributed by atoms with E-state index in [4.69, 9.17) is 21.2 Å². The van der Waals surface area contributed by atoms with Gasteiger partial charge in [0.05, 0.1) is 10.9 Å². The Kier molecular flexibility index (Phi) is 4.09. The summed E-state index contributed by atoms with van der Waals surface area (Å²) in [7, 11) is 0. The number of nitrogens with zero attached hydrogens (tertiary/aromatic N) is 2. The van der Waals surface area contributed by atoms with E-state index in [1.54, 1.807) is 18.2 Å². The SMILES string of the molecule is C[C@@H]1CN(C(=O)c2cc(-c3ccccc3Cl)on2)C[C@H]1C(=O)O. The van der Waals surface area contributed by atoms with Crippen molar-refractivity contribution in [2.24, 2.45) is 11.8 Å². The summed E-state index contributed by atoms with van der Waals surface area (Å²) in [5.74, 6) is -1.45. The Hall–Kier alpha value is -2.34. The molecule has 1 aliphatic heterocycles. The molecule has 2 atom stereocenters. The Morgan fingerprint density at radius 3 is 2.74 bits per heavy atom. The Morgan fingerprint density at radius 2 is 2.09 bits per heavy atom. The number of amides is 1. The molecule has 1 fully saturated rings. The molecule has 2 heterocycles. The van der Waals surface area contributed by atoms with Crippen LogP contribution in [-0.4, -0.2) is 40.1 Å². The Bertz CT molecular complexity index is 758. The predicted octanol–water partition coefficient (Wildman–Crippen LogP) is 2.79. The highest BCUT2D eigenvalue weighted by Crippen LogP contribution is 2.29. The maximum atomic E-state index is 12.5. The van der Waals surface area contributed by atoms with Gasteiger partial charge in [-0.2, -0.15) is 0 Å². The number of hydrogen-bond acceptors (Lipinski definition) is 4. The summed E-state index contributed by atoms with van der Waals surface area (Å²) in [6.45, 7) is 2.40. The van der Waals surface area contributed by atoms with Crippen molar-refractivity contribution >= 4 is 23.5 Å². The maximum absolute atomic E-state index is 12.5. The Balaban J connectivity index is 1.80. The third-order valence-corrected chi connectivity index (χ3v) is 4.41. The molecule has 1 aromatic carbocycles. The van der Waals surface area contributed by atoms with Crippen LogP contribution in [0, 0.1) is 11.8 Å². The lowest BCUT2D eigenvalue weighted by Crippen LogP contribution is -2.30. The zero-order chi connectivity index (χ0) is 16.6. The van der Waals surface area contributed by atoms with Gasteiger partial charge in [0.1, 0.15) is 0 Å². The van der Waals surface area contributed by atoms with Gasteiger partial charge in [0.2, 0.25) is 0 Å². The molecule has 1 aromatic heterocycles. The number of hydrogen-bond donors (Lipinski definition) is 1. The second kappa shape index (κ2) is 6.04. The smallest absolute Gasteiger partial charge is 0.308 e. The Labute approximate surface area is 137 Å². The molecule has 0 radical (unpaired) electrons. The number of carboxylic acids is 1. The molecule has 0 saturated carbocycles. The first-order valence-corrected chi connectivity index (χ1v) is 7.59. The first kappa shape index (κ1) is 15.6. The van der Waals surface area contributed by atoms with E-state index in [0.29, 0.717) is 22.9 Å². The molecule has 0 unspecified atom stereocenters. The highest BCUT2D eigenvalue weighted by molar-refractivity contribution is 6.33. The molecular formula is C16H15ClN2O4.